The number of hydrogen-bond acceptors (Lipinski definition) is 8. The summed E-state index contributed by atoms with van der Waals surface area (Å²) in [5.41, 5.74) is 0.977. The van der Waals surface area contributed by atoms with Crippen molar-refractivity contribution in [1.29, 1.82) is 0 Å². The number of amides is 2. The number of ether oxygens (including phenoxy) is 2. The zero-order valence-corrected chi connectivity index (χ0v) is 23.4. The predicted molar refractivity (Wildman–Crippen MR) is 144 cm³/mol. The van der Waals surface area contributed by atoms with Crippen molar-refractivity contribution in [2.45, 2.75) is 46.2 Å². The van der Waals surface area contributed by atoms with Gasteiger partial charge in [0.25, 0.3) is 0 Å². The first-order valence-electron chi connectivity index (χ1n) is 11.3. The van der Waals surface area contributed by atoms with E-state index in [0.29, 0.717) is 28.7 Å². The third-order valence-electron chi connectivity index (χ3n) is 3.84. The number of rotatable bonds is 6. The summed E-state index contributed by atoms with van der Waals surface area (Å²) in [5, 5.41) is 8.56. The second-order valence-corrected chi connectivity index (χ2v) is 8.32. The molecule has 36 heavy (non-hydrogen) atoms. The monoisotopic (exact) mass is 519 g/mol. The average Bonchev–Trinajstić information content (AvgIpc) is 3.24. The third-order valence-corrected chi connectivity index (χ3v) is 4.80. The molecular formula is C25H37N5O5S. The van der Waals surface area contributed by atoms with E-state index in [2.05, 4.69) is 23.4 Å². The highest BCUT2D eigenvalue weighted by molar-refractivity contribution is 8.13. The van der Waals surface area contributed by atoms with Crippen molar-refractivity contribution in [3.63, 3.8) is 0 Å². The van der Waals surface area contributed by atoms with E-state index in [1.807, 2.05) is 20.8 Å². The molecule has 0 saturated heterocycles. The Bertz CT molecular complexity index is 1060. The number of aromatic nitrogens is 3. The Labute approximate surface area is 218 Å². The lowest BCUT2D eigenvalue weighted by molar-refractivity contribution is -0.110. The minimum absolute atomic E-state index is 0.0772. The van der Waals surface area contributed by atoms with Gasteiger partial charge in [0.15, 0.2) is 10.9 Å². The number of carbonyl (C=O) groups is 3. The molecule has 2 rings (SSSR count). The van der Waals surface area contributed by atoms with Gasteiger partial charge >= 0.3 is 12.2 Å². The highest BCUT2D eigenvalue weighted by atomic mass is 32.2. The molecule has 0 N–H and O–H groups in total. The van der Waals surface area contributed by atoms with E-state index in [1.54, 1.807) is 64.8 Å². The Balaban J connectivity index is 0.00000227. The van der Waals surface area contributed by atoms with Gasteiger partial charge in [0.2, 0.25) is 5.16 Å². The topological polar surface area (TPSA) is 107 Å². The Morgan fingerprint density at radius 1 is 1.06 bits per heavy atom. The summed E-state index contributed by atoms with van der Waals surface area (Å²) in [6.07, 6.45) is 0.870. The molecule has 0 fully saturated rings. The van der Waals surface area contributed by atoms with Gasteiger partial charge in [-0.2, -0.15) is 0 Å². The number of thioether (sulfide) groups is 1. The fraction of sp³-hybridized carbons (Fsp3) is 0.400. The number of nitrogens with zero attached hydrogens (tertiary/aromatic N) is 5. The summed E-state index contributed by atoms with van der Waals surface area (Å²) in [6.45, 7) is 16.7. The van der Waals surface area contributed by atoms with E-state index in [-0.39, 0.29) is 16.6 Å². The van der Waals surface area contributed by atoms with Crippen molar-refractivity contribution in [1.82, 2.24) is 24.6 Å². The first-order chi connectivity index (χ1) is 17.0. The predicted octanol–water partition coefficient (Wildman–Crippen LogP) is 5.80. The fourth-order valence-corrected chi connectivity index (χ4v) is 3.00. The summed E-state index contributed by atoms with van der Waals surface area (Å²) in [6, 6.07) is 4.56. The second kappa shape index (κ2) is 16.1. The van der Waals surface area contributed by atoms with E-state index in [0.717, 1.165) is 11.8 Å². The first kappa shape index (κ1) is 32.4. The van der Waals surface area contributed by atoms with Crippen LogP contribution in [0.25, 0.3) is 17.1 Å². The van der Waals surface area contributed by atoms with Crippen molar-refractivity contribution in [2.24, 2.45) is 0 Å². The standard InChI is InChI=1S/C20H25N5O5S.C3H6.C2H6/c1-8-16(26)31-18-22-21-17(25(18)12(2)3)14-10-9-13(29-19(27)23(4)5)11-15(14)30-20(28)24(6)7;1-3-2;1-2/h9-11H,2,8H2,1,3-7H3;3H,1H2,2H3;1-2H3. The first-order valence-corrected chi connectivity index (χ1v) is 12.1. The number of benzene rings is 1. The molecule has 10 nitrogen and oxygen atoms in total. The highest BCUT2D eigenvalue weighted by Crippen LogP contribution is 2.36. The molecule has 0 atom stereocenters. The molecule has 0 radical (unpaired) electrons. The Morgan fingerprint density at radius 3 is 2.06 bits per heavy atom. The van der Waals surface area contributed by atoms with Crippen molar-refractivity contribution in [3.05, 3.63) is 37.4 Å². The lowest BCUT2D eigenvalue weighted by Gasteiger charge is -2.16. The molecule has 11 heteroatoms. The van der Waals surface area contributed by atoms with Crippen LogP contribution in [0, 0.1) is 0 Å². The molecule has 1 heterocycles. The summed E-state index contributed by atoms with van der Waals surface area (Å²) >= 11 is 0.952. The van der Waals surface area contributed by atoms with Gasteiger partial charge in [-0.15, -0.1) is 16.8 Å². The van der Waals surface area contributed by atoms with Crippen LogP contribution in [0.2, 0.25) is 0 Å². The molecule has 1 aromatic carbocycles. The summed E-state index contributed by atoms with van der Waals surface area (Å²) in [4.78, 5) is 38.6. The lowest BCUT2D eigenvalue weighted by Crippen LogP contribution is -2.26. The normalized spacial score (nSPS) is 9.47. The second-order valence-electron chi connectivity index (χ2n) is 7.30. The molecule has 0 aliphatic rings. The van der Waals surface area contributed by atoms with E-state index in [4.69, 9.17) is 9.47 Å². The van der Waals surface area contributed by atoms with Gasteiger partial charge in [0.05, 0.1) is 5.56 Å². The largest absolute Gasteiger partial charge is 0.414 e. The number of allylic oxidation sites excluding steroid dienone is 2. The quantitative estimate of drug-likeness (QED) is 0.348. The van der Waals surface area contributed by atoms with Crippen LogP contribution in [0.5, 0.6) is 11.5 Å². The SMILES string of the molecule is C=C(C)n1c(SC(=O)CC)nnc1-c1ccc(OC(=O)N(C)C)cc1OC(=O)N(C)C.C=CC.CC. The minimum atomic E-state index is -0.630. The molecule has 0 aliphatic heterocycles. The van der Waals surface area contributed by atoms with Crippen molar-refractivity contribution >= 4 is 34.8 Å². The molecule has 198 valence electrons. The maximum atomic E-state index is 12.2. The van der Waals surface area contributed by atoms with Crippen LogP contribution in [0.4, 0.5) is 9.59 Å². The Hall–Kier alpha value is -3.60. The van der Waals surface area contributed by atoms with Crippen LogP contribution < -0.4 is 9.47 Å². The van der Waals surface area contributed by atoms with Crippen molar-refractivity contribution in [2.75, 3.05) is 28.2 Å². The molecule has 0 spiro atoms. The molecule has 0 aliphatic carbocycles. The zero-order chi connectivity index (χ0) is 28.0. The maximum absolute atomic E-state index is 12.2. The molecule has 1 aromatic heterocycles. The number of carbonyl (C=O) groups excluding carboxylic acids is 3. The van der Waals surface area contributed by atoms with Crippen molar-refractivity contribution in [3.8, 4) is 22.9 Å². The van der Waals surface area contributed by atoms with Crippen LogP contribution in [0.1, 0.15) is 41.0 Å². The van der Waals surface area contributed by atoms with Crippen molar-refractivity contribution < 1.29 is 23.9 Å². The van der Waals surface area contributed by atoms with E-state index in [9.17, 15) is 14.4 Å². The number of hydrogen-bond donors (Lipinski definition) is 0. The lowest BCUT2D eigenvalue weighted by atomic mass is 10.1. The highest BCUT2D eigenvalue weighted by Gasteiger charge is 2.23. The maximum Gasteiger partial charge on any atom is 0.414 e. The van der Waals surface area contributed by atoms with Gasteiger partial charge < -0.3 is 19.3 Å². The summed E-state index contributed by atoms with van der Waals surface area (Å²) in [7, 11) is 6.18. The van der Waals surface area contributed by atoms with E-state index < -0.39 is 12.2 Å². The van der Waals surface area contributed by atoms with Gasteiger partial charge in [0.1, 0.15) is 11.5 Å². The third kappa shape index (κ3) is 9.57. The van der Waals surface area contributed by atoms with Gasteiger partial charge in [0, 0.05) is 46.4 Å². The fourth-order valence-electron chi connectivity index (χ4n) is 2.24. The molecular weight excluding hydrogens is 482 g/mol. The van der Waals surface area contributed by atoms with Crippen LogP contribution in [0.15, 0.2) is 42.6 Å². The summed E-state index contributed by atoms with van der Waals surface area (Å²) in [5.74, 6) is 0.614. The van der Waals surface area contributed by atoms with Gasteiger partial charge in [-0.3, -0.25) is 9.36 Å². The van der Waals surface area contributed by atoms with Gasteiger partial charge in [-0.05, 0) is 37.7 Å². The van der Waals surface area contributed by atoms with Crippen LogP contribution >= 0.6 is 11.8 Å². The minimum Gasteiger partial charge on any atom is -0.410 e. The average molecular weight is 520 g/mol. The molecule has 0 unspecified atom stereocenters. The molecule has 0 bridgehead atoms. The molecule has 2 amide bonds. The zero-order valence-electron chi connectivity index (χ0n) is 22.6. The molecule has 0 saturated carbocycles. The molecule has 2 aromatic rings. The van der Waals surface area contributed by atoms with Crippen LogP contribution in [-0.2, 0) is 4.79 Å². The van der Waals surface area contributed by atoms with E-state index >= 15 is 0 Å². The smallest absolute Gasteiger partial charge is 0.410 e. The van der Waals surface area contributed by atoms with Gasteiger partial charge in [-0.1, -0.05) is 33.4 Å². The van der Waals surface area contributed by atoms with Crippen LogP contribution in [-0.4, -0.2) is 70.1 Å². The van der Waals surface area contributed by atoms with Crippen LogP contribution in [0.3, 0.4) is 0 Å². The van der Waals surface area contributed by atoms with E-state index in [1.165, 1.54) is 15.9 Å². The Morgan fingerprint density at radius 2 is 1.58 bits per heavy atom. The van der Waals surface area contributed by atoms with Gasteiger partial charge in [-0.25, -0.2) is 9.59 Å². The Kier molecular flexibility index (Phi) is 14.5. The summed E-state index contributed by atoms with van der Waals surface area (Å²) < 4.78 is 12.4.